The molecule has 1 rings (SSSR count). The first kappa shape index (κ1) is 22.2. The van der Waals surface area contributed by atoms with Gasteiger partial charge in [0.2, 0.25) is 0 Å². The second-order valence-corrected chi connectivity index (χ2v) is 6.08. The number of aryl methyl sites for hydroxylation is 1. The summed E-state index contributed by atoms with van der Waals surface area (Å²) in [6, 6.07) is 5.16. The van der Waals surface area contributed by atoms with Crippen molar-refractivity contribution in [1.29, 1.82) is 0 Å². The lowest BCUT2D eigenvalue weighted by molar-refractivity contribution is -0.0504. The summed E-state index contributed by atoms with van der Waals surface area (Å²) in [4.78, 5) is 6.57. The summed E-state index contributed by atoms with van der Waals surface area (Å²) in [5.74, 6) is 0.838. The minimum atomic E-state index is -2.83. The molecule has 2 N–H and O–H groups in total. The van der Waals surface area contributed by atoms with Gasteiger partial charge in [0.15, 0.2) is 5.96 Å². The number of halogens is 2. The van der Waals surface area contributed by atoms with Gasteiger partial charge in [0, 0.05) is 25.7 Å². The quantitative estimate of drug-likeness (QED) is 0.356. The third kappa shape index (κ3) is 8.47. The summed E-state index contributed by atoms with van der Waals surface area (Å²) in [7, 11) is 1.69. The fraction of sp³-hybridized carbons (Fsp3) is 0.632. The van der Waals surface area contributed by atoms with Crippen LogP contribution < -0.4 is 15.4 Å². The van der Waals surface area contributed by atoms with Crippen LogP contribution in [-0.2, 0) is 6.54 Å². The summed E-state index contributed by atoms with van der Waals surface area (Å²) in [6.45, 7) is 7.85. The normalized spacial score (nSPS) is 11.9. The highest BCUT2D eigenvalue weighted by Crippen LogP contribution is 2.21. The number of guanidine groups is 1. The second-order valence-electron chi connectivity index (χ2n) is 6.08. The average Bonchev–Trinajstić information content (AvgIpc) is 2.62. The Morgan fingerprint density at radius 2 is 1.92 bits per heavy atom. The minimum Gasteiger partial charge on any atom is -0.434 e. The Hall–Kier alpha value is -1.89. The lowest BCUT2D eigenvalue weighted by atomic mass is 10.1. The van der Waals surface area contributed by atoms with Crippen LogP contribution in [0, 0.1) is 6.92 Å². The third-order valence-electron chi connectivity index (χ3n) is 4.19. The molecule has 0 aliphatic carbocycles. The van der Waals surface area contributed by atoms with Crippen molar-refractivity contribution in [2.24, 2.45) is 4.99 Å². The van der Waals surface area contributed by atoms with Crippen molar-refractivity contribution >= 4 is 5.96 Å². The number of nitrogens with one attached hydrogen (secondary N) is 2. The van der Waals surface area contributed by atoms with Crippen LogP contribution in [0.3, 0.4) is 0 Å². The molecule has 0 unspecified atom stereocenters. The number of rotatable bonds is 11. The fourth-order valence-corrected chi connectivity index (χ4v) is 2.66. The average molecular weight is 370 g/mol. The van der Waals surface area contributed by atoms with E-state index < -0.39 is 6.61 Å². The van der Waals surface area contributed by atoms with Gasteiger partial charge in [-0.1, -0.05) is 31.5 Å². The molecular formula is C19H32F2N4O. The highest BCUT2D eigenvalue weighted by molar-refractivity contribution is 5.79. The van der Waals surface area contributed by atoms with Crippen LogP contribution in [0.15, 0.2) is 23.2 Å². The molecule has 0 fully saturated rings. The molecule has 0 saturated carbocycles. The standard InChI is InChI=1S/C19H32F2N4O/c1-5-25(6-2)12-8-7-11-23-19(22-4)24-14-16-13-15(3)9-10-17(16)26-18(20)21/h9-10,13,18H,5-8,11-12,14H2,1-4H3,(H2,22,23,24). The molecule has 1 aromatic carbocycles. The Labute approximate surface area is 155 Å². The Morgan fingerprint density at radius 3 is 2.54 bits per heavy atom. The number of ether oxygens (including phenoxy) is 1. The van der Waals surface area contributed by atoms with Crippen molar-refractivity contribution in [3.05, 3.63) is 29.3 Å². The number of benzene rings is 1. The van der Waals surface area contributed by atoms with E-state index in [0.29, 0.717) is 18.1 Å². The van der Waals surface area contributed by atoms with Crippen molar-refractivity contribution < 1.29 is 13.5 Å². The third-order valence-corrected chi connectivity index (χ3v) is 4.19. The second kappa shape index (κ2) is 12.5. The van der Waals surface area contributed by atoms with Crippen molar-refractivity contribution in [3.8, 4) is 5.75 Å². The van der Waals surface area contributed by atoms with E-state index in [9.17, 15) is 8.78 Å². The SMILES string of the molecule is CCN(CC)CCCCNC(=NC)NCc1cc(C)ccc1OC(F)F. The molecule has 5 nitrogen and oxygen atoms in total. The summed E-state index contributed by atoms with van der Waals surface area (Å²) in [6.07, 6.45) is 2.16. The van der Waals surface area contributed by atoms with Crippen LogP contribution in [0.2, 0.25) is 0 Å². The Kier molecular flexibility index (Phi) is 10.6. The molecule has 1 aromatic rings. The van der Waals surface area contributed by atoms with Gasteiger partial charge in [-0.2, -0.15) is 8.78 Å². The minimum absolute atomic E-state index is 0.188. The van der Waals surface area contributed by atoms with Crippen LogP contribution >= 0.6 is 0 Å². The van der Waals surface area contributed by atoms with Gasteiger partial charge in [0.05, 0.1) is 0 Å². The molecule has 7 heteroatoms. The number of alkyl halides is 2. The topological polar surface area (TPSA) is 48.9 Å². The molecule has 0 atom stereocenters. The fourth-order valence-electron chi connectivity index (χ4n) is 2.66. The number of aliphatic imine (C=N–C) groups is 1. The van der Waals surface area contributed by atoms with E-state index >= 15 is 0 Å². The van der Waals surface area contributed by atoms with Crippen molar-refractivity contribution in [1.82, 2.24) is 15.5 Å². The molecule has 26 heavy (non-hydrogen) atoms. The number of unbranched alkanes of at least 4 members (excludes halogenated alkanes) is 1. The molecule has 0 aromatic heterocycles. The van der Waals surface area contributed by atoms with Crippen LogP contribution in [0.1, 0.15) is 37.8 Å². The zero-order valence-electron chi connectivity index (χ0n) is 16.3. The molecule has 0 radical (unpaired) electrons. The first-order valence-corrected chi connectivity index (χ1v) is 9.21. The largest absolute Gasteiger partial charge is 0.434 e. The maximum Gasteiger partial charge on any atom is 0.387 e. The van der Waals surface area contributed by atoms with Crippen molar-refractivity contribution in [2.45, 2.75) is 46.8 Å². The molecular weight excluding hydrogens is 338 g/mol. The maximum absolute atomic E-state index is 12.5. The van der Waals surface area contributed by atoms with Gasteiger partial charge < -0.3 is 20.3 Å². The highest BCUT2D eigenvalue weighted by atomic mass is 19.3. The predicted octanol–water partition coefficient (Wildman–Crippen LogP) is 3.38. The van der Waals surface area contributed by atoms with E-state index in [2.05, 4.69) is 39.1 Å². The van der Waals surface area contributed by atoms with E-state index in [1.807, 2.05) is 13.0 Å². The highest BCUT2D eigenvalue weighted by Gasteiger charge is 2.10. The first-order chi connectivity index (χ1) is 12.5. The lowest BCUT2D eigenvalue weighted by Gasteiger charge is -2.18. The summed E-state index contributed by atoms with van der Waals surface area (Å²) in [5, 5.41) is 6.41. The number of hydrogen-bond donors (Lipinski definition) is 2. The molecule has 0 heterocycles. The monoisotopic (exact) mass is 370 g/mol. The van der Waals surface area contributed by atoms with Crippen LogP contribution in [0.25, 0.3) is 0 Å². The molecule has 0 bridgehead atoms. The van der Waals surface area contributed by atoms with Gasteiger partial charge in [0.1, 0.15) is 5.75 Å². The van der Waals surface area contributed by atoms with Gasteiger partial charge in [0.25, 0.3) is 0 Å². The Bertz CT molecular complexity index is 548. The van der Waals surface area contributed by atoms with E-state index in [4.69, 9.17) is 0 Å². The van der Waals surface area contributed by atoms with Crippen molar-refractivity contribution in [2.75, 3.05) is 33.2 Å². The molecule has 0 saturated heterocycles. The molecule has 0 amide bonds. The van der Waals surface area contributed by atoms with Gasteiger partial charge in [-0.15, -0.1) is 0 Å². The molecule has 0 aliphatic heterocycles. The smallest absolute Gasteiger partial charge is 0.387 e. The molecule has 148 valence electrons. The van der Waals surface area contributed by atoms with Crippen LogP contribution in [0.4, 0.5) is 8.78 Å². The van der Waals surface area contributed by atoms with E-state index in [-0.39, 0.29) is 5.75 Å². The van der Waals surface area contributed by atoms with Gasteiger partial charge >= 0.3 is 6.61 Å². The number of hydrogen-bond acceptors (Lipinski definition) is 3. The first-order valence-electron chi connectivity index (χ1n) is 9.21. The van der Waals surface area contributed by atoms with Crippen LogP contribution in [-0.4, -0.2) is 50.7 Å². The summed E-state index contributed by atoms with van der Waals surface area (Å²) < 4.78 is 29.6. The van der Waals surface area contributed by atoms with Gasteiger partial charge in [-0.25, -0.2) is 0 Å². The summed E-state index contributed by atoms with van der Waals surface area (Å²) >= 11 is 0. The van der Waals surface area contributed by atoms with Crippen molar-refractivity contribution in [3.63, 3.8) is 0 Å². The Balaban J connectivity index is 2.43. The van der Waals surface area contributed by atoms with E-state index in [1.165, 1.54) is 0 Å². The summed E-state index contributed by atoms with van der Waals surface area (Å²) in [5.41, 5.74) is 1.66. The number of nitrogens with zero attached hydrogens (tertiary/aromatic N) is 2. The van der Waals surface area contributed by atoms with Gasteiger partial charge in [-0.3, -0.25) is 4.99 Å². The lowest BCUT2D eigenvalue weighted by Crippen LogP contribution is -2.37. The zero-order valence-corrected chi connectivity index (χ0v) is 16.3. The van der Waals surface area contributed by atoms with Crippen LogP contribution in [0.5, 0.6) is 5.75 Å². The Morgan fingerprint density at radius 1 is 1.19 bits per heavy atom. The maximum atomic E-state index is 12.5. The predicted molar refractivity (Wildman–Crippen MR) is 103 cm³/mol. The molecule has 0 spiro atoms. The van der Waals surface area contributed by atoms with Gasteiger partial charge in [-0.05, 0) is 45.5 Å². The molecule has 0 aliphatic rings. The zero-order chi connectivity index (χ0) is 19.4. The van der Waals surface area contributed by atoms with E-state index in [0.717, 1.165) is 44.6 Å². The van der Waals surface area contributed by atoms with E-state index in [1.54, 1.807) is 19.2 Å².